The molecule has 0 heterocycles. The number of hydrogen-bond acceptors (Lipinski definition) is 4. The van der Waals surface area contributed by atoms with E-state index in [0.717, 1.165) is 0 Å². The van der Waals surface area contributed by atoms with Crippen molar-refractivity contribution in [1.82, 2.24) is 4.90 Å². The van der Waals surface area contributed by atoms with Gasteiger partial charge in [0.1, 0.15) is 0 Å². The van der Waals surface area contributed by atoms with Gasteiger partial charge < -0.3 is 19.5 Å². The van der Waals surface area contributed by atoms with E-state index in [1.807, 2.05) is 13.8 Å². The Morgan fingerprint density at radius 2 is 2.00 bits per heavy atom. The van der Waals surface area contributed by atoms with Crippen LogP contribution in [0.15, 0.2) is 18.2 Å². The lowest BCUT2D eigenvalue weighted by molar-refractivity contribution is -0.133. The number of rotatable bonds is 7. The largest absolute Gasteiger partial charge is 0.493 e. The van der Waals surface area contributed by atoms with Gasteiger partial charge in [-0.25, -0.2) is 0 Å². The van der Waals surface area contributed by atoms with Gasteiger partial charge in [-0.05, 0) is 19.9 Å². The summed E-state index contributed by atoms with van der Waals surface area (Å²) in [5.74, 6) is 0.853. The quantitative estimate of drug-likeness (QED) is 0.812. The number of carbonyl (C=O) groups is 1. The summed E-state index contributed by atoms with van der Waals surface area (Å²) < 4.78 is 10.7. The molecule has 0 saturated heterocycles. The first-order chi connectivity index (χ1) is 9.17. The average Bonchev–Trinajstić information content (AvgIpc) is 2.45. The molecule has 0 saturated carbocycles. The van der Waals surface area contributed by atoms with Gasteiger partial charge in [0, 0.05) is 18.7 Å². The van der Waals surface area contributed by atoms with Gasteiger partial charge in [0.25, 0.3) is 5.91 Å². The van der Waals surface area contributed by atoms with E-state index < -0.39 is 0 Å². The summed E-state index contributed by atoms with van der Waals surface area (Å²) in [5, 5.41) is 9.27. The minimum absolute atomic E-state index is 0.0605. The van der Waals surface area contributed by atoms with E-state index in [2.05, 4.69) is 0 Å². The van der Waals surface area contributed by atoms with Crippen LogP contribution in [0.3, 0.4) is 0 Å². The van der Waals surface area contributed by atoms with Crippen LogP contribution in [0.25, 0.3) is 0 Å². The molecular weight excluding hydrogens is 246 g/mol. The topological polar surface area (TPSA) is 59.0 Å². The molecule has 0 atom stereocenters. The van der Waals surface area contributed by atoms with Gasteiger partial charge in [-0.2, -0.15) is 0 Å². The molecule has 0 aliphatic rings. The van der Waals surface area contributed by atoms with Crippen LogP contribution in [0, 0.1) is 0 Å². The molecular formula is C14H21NO4. The standard InChI is InChI=1S/C14H21NO4/c1-4-15(5-2)13(17)10-19-14-11(9-16)7-6-8-12(14)18-3/h6-8,16H,4-5,9-10H2,1-3H3. The molecule has 0 bridgehead atoms. The zero-order valence-electron chi connectivity index (χ0n) is 11.7. The highest BCUT2D eigenvalue weighted by Gasteiger charge is 2.14. The van der Waals surface area contributed by atoms with Crippen molar-refractivity contribution in [2.24, 2.45) is 0 Å². The van der Waals surface area contributed by atoms with Crippen molar-refractivity contribution in [3.05, 3.63) is 23.8 Å². The van der Waals surface area contributed by atoms with E-state index in [9.17, 15) is 9.90 Å². The van der Waals surface area contributed by atoms with Crippen molar-refractivity contribution >= 4 is 5.91 Å². The van der Waals surface area contributed by atoms with Gasteiger partial charge in [-0.15, -0.1) is 0 Å². The Morgan fingerprint density at radius 1 is 1.32 bits per heavy atom. The van der Waals surface area contributed by atoms with E-state index in [-0.39, 0.29) is 19.1 Å². The number of aliphatic hydroxyl groups is 1. The number of carbonyl (C=O) groups excluding carboxylic acids is 1. The molecule has 0 unspecified atom stereocenters. The molecule has 1 aromatic rings. The molecule has 5 heteroatoms. The lowest BCUT2D eigenvalue weighted by atomic mass is 10.2. The summed E-state index contributed by atoms with van der Waals surface area (Å²) in [7, 11) is 1.52. The number of amides is 1. The van der Waals surface area contributed by atoms with Crippen molar-refractivity contribution in [2.45, 2.75) is 20.5 Å². The second-order valence-electron chi connectivity index (χ2n) is 3.96. The van der Waals surface area contributed by atoms with Crippen LogP contribution in [0.5, 0.6) is 11.5 Å². The highest BCUT2D eigenvalue weighted by Crippen LogP contribution is 2.31. The number of methoxy groups -OCH3 is 1. The first-order valence-corrected chi connectivity index (χ1v) is 6.35. The number of aliphatic hydroxyl groups excluding tert-OH is 1. The van der Waals surface area contributed by atoms with Crippen LogP contribution in [0.4, 0.5) is 0 Å². The molecule has 106 valence electrons. The van der Waals surface area contributed by atoms with Gasteiger partial charge in [0.15, 0.2) is 18.1 Å². The van der Waals surface area contributed by atoms with Crippen molar-refractivity contribution in [1.29, 1.82) is 0 Å². The second kappa shape index (κ2) is 7.63. The smallest absolute Gasteiger partial charge is 0.260 e. The number of benzene rings is 1. The van der Waals surface area contributed by atoms with E-state index in [4.69, 9.17) is 9.47 Å². The Hall–Kier alpha value is -1.75. The Labute approximate surface area is 113 Å². The van der Waals surface area contributed by atoms with Crippen molar-refractivity contribution in [3.8, 4) is 11.5 Å². The Bertz CT molecular complexity index is 394. The maximum Gasteiger partial charge on any atom is 0.260 e. The minimum Gasteiger partial charge on any atom is -0.493 e. The number of para-hydroxylation sites is 1. The maximum atomic E-state index is 11.9. The Morgan fingerprint density at radius 3 is 2.53 bits per heavy atom. The highest BCUT2D eigenvalue weighted by atomic mass is 16.5. The zero-order chi connectivity index (χ0) is 14.3. The van der Waals surface area contributed by atoms with Crippen molar-refractivity contribution in [3.63, 3.8) is 0 Å². The second-order valence-corrected chi connectivity index (χ2v) is 3.96. The predicted molar refractivity (Wildman–Crippen MR) is 72.3 cm³/mol. The Kier molecular flexibility index (Phi) is 6.15. The molecule has 1 amide bonds. The molecule has 0 radical (unpaired) electrons. The summed E-state index contributed by atoms with van der Waals surface area (Å²) in [4.78, 5) is 13.6. The van der Waals surface area contributed by atoms with Crippen LogP contribution >= 0.6 is 0 Å². The maximum absolute atomic E-state index is 11.9. The summed E-state index contributed by atoms with van der Waals surface area (Å²) in [6, 6.07) is 5.24. The molecule has 1 rings (SSSR count). The van der Waals surface area contributed by atoms with Crippen molar-refractivity contribution < 1.29 is 19.4 Å². The SMILES string of the molecule is CCN(CC)C(=O)COc1c(CO)cccc1OC. The molecule has 0 spiro atoms. The summed E-state index contributed by atoms with van der Waals surface area (Å²) >= 11 is 0. The normalized spacial score (nSPS) is 10.1. The van der Waals surface area contributed by atoms with Gasteiger partial charge in [-0.3, -0.25) is 4.79 Å². The number of likely N-dealkylation sites (N-methyl/N-ethyl adjacent to an activating group) is 1. The van der Waals surface area contributed by atoms with E-state index in [1.165, 1.54) is 7.11 Å². The van der Waals surface area contributed by atoms with Gasteiger partial charge in [0.05, 0.1) is 13.7 Å². The first kappa shape index (κ1) is 15.3. The third-order valence-electron chi connectivity index (χ3n) is 2.91. The highest BCUT2D eigenvalue weighted by molar-refractivity contribution is 5.77. The number of hydrogen-bond donors (Lipinski definition) is 1. The lowest BCUT2D eigenvalue weighted by Gasteiger charge is -2.20. The van der Waals surface area contributed by atoms with Crippen LogP contribution < -0.4 is 9.47 Å². The molecule has 0 aromatic heterocycles. The number of nitrogens with zero attached hydrogens (tertiary/aromatic N) is 1. The number of ether oxygens (including phenoxy) is 2. The fraction of sp³-hybridized carbons (Fsp3) is 0.500. The van der Waals surface area contributed by atoms with Crippen molar-refractivity contribution in [2.75, 3.05) is 26.8 Å². The summed E-state index contributed by atoms with van der Waals surface area (Å²) in [6.45, 7) is 4.92. The molecule has 0 aliphatic carbocycles. The third kappa shape index (κ3) is 3.86. The fourth-order valence-electron chi connectivity index (χ4n) is 1.81. The molecule has 1 aromatic carbocycles. The van der Waals surface area contributed by atoms with Crippen LogP contribution in [-0.4, -0.2) is 42.7 Å². The lowest BCUT2D eigenvalue weighted by Crippen LogP contribution is -2.34. The monoisotopic (exact) mass is 267 g/mol. The first-order valence-electron chi connectivity index (χ1n) is 6.35. The van der Waals surface area contributed by atoms with Crippen LogP contribution in [0.2, 0.25) is 0 Å². The zero-order valence-corrected chi connectivity index (χ0v) is 11.7. The average molecular weight is 267 g/mol. The third-order valence-corrected chi connectivity index (χ3v) is 2.91. The fourth-order valence-corrected chi connectivity index (χ4v) is 1.81. The minimum atomic E-state index is -0.161. The Balaban J connectivity index is 2.79. The molecule has 0 aliphatic heterocycles. The summed E-state index contributed by atoms with van der Waals surface area (Å²) in [6.07, 6.45) is 0. The van der Waals surface area contributed by atoms with Gasteiger partial charge in [-0.1, -0.05) is 12.1 Å². The van der Waals surface area contributed by atoms with E-state index in [1.54, 1.807) is 23.1 Å². The molecule has 19 heavy (non-hydrogen) atoms. The van der Waals surface area contributed by atoms with E-state index in [0.29, 0.717) is 30.2 Å². The predicted octanol–water partition coefficient (Wildman–Crippen LogP) is 1.43. The summed E-state index contributed by atoms with van der Waals surface area (Å²) in [5.41, 5.74) is 0.603. The van der Waals surface area contributed by atoms with Gasteiger partial charge in [0.2, 0.25) is 0 Å². The van der Waals surface area contributed by atoms with Crippen LogP contribution in [-0.2, 0) is 11.4 Å². The molecule has 1 N–H and O–H groups in total. The van der Waals surface area contributed by atoms with Crippen LogP contribution in [0.1, 0.15) is 19.4 Å². The van der Waals surface area contributed by atoms with Gasteiger partial charge >= 0.3 is 0 Å². The molecule has 0 fully saturated rings. The molecule has 5 nitrogen and oxygen atoms in total. The van der Waals surface area contributed by atoms with E-state index >= 15 is 0 Å².